The van der Waals surface area contributed by atoms with E-state index in [-0.39, 0.29) is 23.3 Å². The van der Waals surface area contributed by atoms with Crippen molar-refractivity contribution >= 4 is 17.4 Å². The minimum atomic E-state index is -0.309. The third kappa shape index (κ3) is 4.33. The number of urea groups is 1. The van der Waals surface area contributed by atoms with Crippen LogP contribution in [-0.2, 0) is 9.47 Å². The average Bonchev–Trinajstić information content (AvgIpc) is 2.75. The van der Waals surface area contributed by atoms with Crippen LogP contribution in [0.25, 0.3) is 0 Å². The van der Waals surface area contributed by atoms with Gasteiger partial charge in [0.05, 0.1) is 28.6 Å². The highest BCUT2D eigenvalue weighted by molar-refractivity contribution is 6.11. The largest absolute Gasteiger partial charge is 0.381 e. The molecule has 3 heterocycles. The molecule has 0 saturated carbocycles. The van der Waals surface area contributed by atoms with Crippen molar-refractivity contribution in [2.45, 2.75) is 77.5 Å². The van der Waals surface area contributed by atoms with Crippen molar-refractivity contribution in [1.29, 1.82) is 0 Å². The Kier molecular flexibility index (Phi) is 5.20. The first kappa shape index (κ1) is 20.4. The van der Waals surface area contributed by atoms with Crippen LogP contribution in [0.4, 0.5) is 10.5 Å². The fraction of sp³-hybridized carbons (Fsp3) is 0.652. The molecule has 0 radical (unpaired) electrons. The number of amides is 2. The predicted octanol–water partition coefficient (Wildman–Crippen LogP) is 4.71. The van der Waals surface area contributed by atoms with Crippen LogP contribution in [0.15, 0.2) is 23.3 Å². The van der Waals surface area contributed by atoms with Gasteiger partial charge in [-0.3, -0.25) is 0 Å². The summed E-state index contributed by atoms with van der Waals surface area (Å²) >= 11 is 0. The number of hydrogen-bond donors (Lipinski definition) is 1. The molecule has 1 N–H and O–H groups in total. The summed E-state index contributed by atoms with van der Waals surface area (Å²) in [6, 6.07) is 6.07. The highest BCUT2D eigenvalue weighted by Crippen LogP contribution is 2.39. The van der Waals surface area contributed by atoms with Crippen LogP contribution in [0.2, 0.25) is 0 Å². The third-order valence-corrected chi connectivity index (χ3v) is 6.08. The number of fused-ring (bicyclic) bond motifs is 1. The molecule has 158 valence electrons. The quantitative estimate of drug-likeness (QED) is 0.783. The number of rotatable bonds is 2. The monoisotopic (exact) mass is 399 g/mol. The van der Waals surface area contributed by atoms with Crippen LogP contribution in [0.3, 0.4) is 0 Å². The van der Waals surface area contributed by atoms with Crippen LogP contribution in [0, 0.1) is 12.8 Å². The lowest BCUT2D eigenvalue weighted by molar-refractivity contribution is -0.172. The number of aryl methyl sites for hydroxylation is 1. The molecule has 0 atom stereocenters. The number of anilines is 1. The maximum Gasteiger partial charge on any atom is 0.342 e. The van der Waals surface area contributed by atoms with Gasteiger partial charge in [-0.05, 0) is 71.9 Å². The molecule has 3 aliphatic rings. The zero-order valence-electron chi connectivity index (χ0n) is 18.2. The molecule has 3 aliphatic heterocycles. The Morgan fingerprint density at radius 2 is 1.76 bits per heavy atom. The Bertz CT molecular complexity index is 809. The Hall–Kier alpha value is -1.92. The summed E-state index contributed by atoms with van der Waals surface area (Å²) in [7, 11) is 0. The van der Waals surface area contributed by atoms with Crippen LogP contribution < -0.4 is 5.32 Å². The van der Waals surface area contributed by atoms with Crippen molar-refractivity contribution in [2.24, 2.45) is 11.0 Å². The second-order valence-electron chi connectivity index (χ2n) is 9.88. The Labute approximate surface area is 173 Å². The minimum absolute atomic E-state index is 0.0148. The van der Waals surface area contributed by atoms with Gasteiger partial charge in [-0.25, -0.2) is 9.80 Å². The van der Waals surface area contributed by atoms with E-state index in [9.17, 15) is 4.79 Å². The summed E-state index contributed by atoms with van der Waals surface area (Å²) in [5, 5.41) is 9.87. The highest BCUT2D eigenvalue weighted by Gasteiger charge is 2.44. The number of benzene rings is 1. The average molecular weight is 400 g/mol. The topological polar surface area (TPSA) is 63.2 Å². The van der Waals surface area contributed by atoms with E-state index in [1.54, 1.807) is 5.01 Å². The molecule has 6 heteroatoms. The number of hydrogen-bond acceptors (Lipinski definition) is 4. The Morgan fingerprint density at radius 3 is 2.41 bits per heavy atom. The van der Waals surface area contributed by atoms with E-state index >= 15 is 0 Å². The zero-order chi connectivity index (χ0) is 20.8. The molecule has 1 aromatic rings. The first-order chi connectivity index (χ1) is 13.6. The van der Waals surface area contributed by atoms with Crippen molar-refractivity contribution in [1.82, 2.24) is 5.01 Å². The normalized spacial score (nSPS) is 25.1. The van der Waals surface area contributed by atoms with Crippen molar-refractivity contribution in [3.63, 3.8) is 0 Å². The standard InChI is InChI=1S/C23H33N3O3/c1-15-6-7-18-19(12-15)24-21(27)26(25-20(18)16-8-10-28-11-9-16)17-13-22(2,3)29-23(4,5)14-17/h6-7,12,16-17H,8-11,13-14H2,1-5H3,(H,24,27). The van der Waals surface area contributed by atoms with E-state index in [0.717, 1.165) is 61.4 Å². The minimum Gasteiger partial charge on any atom is -0.381 e. The second kappa shape index (κ2) is 7.40. The molecule has 2 amide bonds. The molecular formula is C23H33N3O3. The van der Waals surface area contributed by atoms with Crippen molar-refractivity contribution in [2.75, 3.05) is 18.5 Å². The summed E-state index contributed by atoms with van der Waals surface area (Å²) in [6.45, 7) is 11.9. The number of carbonyl (C=O) groups is 1. The lowest BCUT2D eigenvalue weighted by Crippen LogP contribution is -2.53. The number of ether oxygens (including phenoxy) is 2. The van der Waals surface area contributed by atoms with Crippen molar-refractivity contribution in [3.8, 4) is 0 Å². The van der Waals surface area contributed by atoms with Crippen LogP contribution >= 0.6 is 0 Å². The molecule has 0 spiro atoms. The summed E-state index contributed by atoms with van der Waals surface area (Å²) in [6.07, 6.45) is 3.37. The van der Waals surface area contributed by atoms with E-state index in [1.807, 2.05) is 13.0 Å². The Balaban J connectivity index is 1.75. The van der Waals surface area contributed by atoms with Gasteiger partial charge in [0.2, 0.25) is 0 Å². The van der Waals surface area contributed by atoms with Gasteiger partial charge < -0.3 is 14.8 Å². The molecule has 0 aromatic heterocycles. The molecule has 2 fully saturated rings. The molecular weight excluding hydrogens is 366 g/mol. The summed E-state index contributed by atoms with van der Waals surface area (Å²) in [5.74, 6) is 0.293. The van der Waals surface area contributed by atoms with Crippen LogP contribution in [0.1, 0.15) is 64.5 Å². The van der Waals surface area contributed by atoms with E-state index in [4.69, 9.17) is 14.6 Å². The van der Waals surface area contributed by atoms with E-state index in [1.165, 1.54) is 0 Å². The van der Waals surface area contributed by atoms with Crippen LogP contribution in [0.5, 0.6) is 0 Å². The van der Waals surface area contributed by atoms with Gasteiger partial charge in [-0.2, -0.15) is 5.10 Å². The van der Waals surface area contributed by atoms with Crippen molar-refractivity contribution in [3.05, 3.63) is 29.3 Å². The smallest absolute Gasteiger partial charge is 0.342 e. The van der Waals surface area contributed by atoms with Gasteiger partial charge in [0, 0.05) is 24.7 Å². The van der Waals surface area contributed by atoms with Gasteiger partial charge in [0.25, 0.3) is 0 Å². The molecule has 29 heavy (non-hydrogen) atoms. The fourth-order valence-corrected chi connectivity index (χ4v) is 5.10. The predicted molar refractivity (Wildman–Crippen MR) is 114 cm³/mol. The summed E-state index contributed by atoms with van der Waals surface area (Å²) in [5.41, 5.74) is 3.39. The molecule has 1 aromatic carbocycles. The summed E-state index contributed by atoms with van der Waals surface area (Å²) in [4.78, 5) is 13.3. The fourth-order valence-electron chi connectivity index (χ4n) is 5.10. The van der Waals surface area contributed by atoms with Gasteiger partial charge >= 0.3 is 6.03 Å². The lowest BCUT2D eigenvalue weighted by Gasteiger charge is -2.47. The molecule has 0 bridgehead atoms. The molecule has 0 aliphatic carbocycles. The van der Waals surface area contributed by atoms with E-state index in [0.29, 0.717) is 5.92 Å². The molecule has 6 nitrogen and oxygen atoms in total. The molecule has 0 unspecified atom stereocenters. The van der Waals surface area contributed by atoms with Gasteiger partial charge in [-0.15, -0.1) is 0 Å². The third-order valence-electron chi connectivity index (χ3n) is 6.08. The number of hydrazone groups is 1. The van der Waals surface area contributed by atoms with Crippen molar-refractivity contribution < 1.29 is 14.3 Å². The van der Waals surface area contributed by atoms with Gasteiger partial charge in [0.1, 0.15) is 0 Å². The van der Waals surface area contributed by atoms with Crippen LogP contribution in [-0.4, -0.2) is 47.2 Å². The second-order valence-corrected chi connectivity index (χ2v) is 9.88. The number of nitrogens with zero attached hydrogens (tertiary/aromatic N) is 2. The first-order valence-corrected chi connectivity index (χ1v) is 10.7. The first-order valence-electron chi connectivity index (χ1n) is 10.7. The SMILES string of the molecule is Cc1ccc2c(c1)NC(=O)N(C1CC(C)(C)OC(C)(C)C1)N=C2C1CCOCC1. The lowest BCUT2D eigenvalue weighted by atomic mass is 9.85. The molecule has 2 saturated heterocycles. The zero-order valence-corrected chi connectivity index (χ0v) is 18.2. The van der Waals surface area contributed by atoms with Gasteiger partial charge in [-0.1, -0.05) is 12.1 Å². The Morgan fingerprint density at radius 1 is 1.10 bits per heavy atom. The van der Waals surface area contributed by atoms with E-state index < -0.39 is 0 Å². The number of carbonyl (C=O) groups excluding carboxylic acids is 1. The van der Waals surface area contributed by atoms with Gasteiger partial charge in [0.15, 0.2) is 0 Å². The molecule has 4 rings (SSSR count). The highest BCUT2D eigenvalue weighted by atomic mass is 16.5. The summed E-state index contributed by atoms with van der Waals surface area (Å²) < 4.78 is 11.8. The number of nitrogens with one attached hydrogen (secondary N) is 1. The van der Waals surface area contributed by atoms with E-state index in [2.05, 4.69) is 45.1 Å². The maximum absolute atomic E-state index is 13.3. The maximum atomic E-state index is 13.3.